The molecule has 0 spiro atoms. The van der Waals surface area contributed by atoms with Crippen molar-refractivity contribution in [2.45, 2.75) is 26.4 Å². The molecule has 0 radical (unpaired) electrons. The number of ether oxygens (including phenoxy) is 1. The van der Waals surface area contributed by atoms with Gasteiger partial charge in [-0.15, -0.1) is 0 Å². The van der Waals surface area contributed by atoms with Crippen LogP contribution in [0, 0.1) is 0 Å². The molecule has 6 nitrogen and oxygen atoms in total. The van der Waals surface area contributed by atoms with E-state index in [1.807, 2.05) is 11.8 Å². The van der Waals surface area contributed by atoms with Crippen LogP contribution in [0.5, 0.6) is 5.75 Å². The van der Waals surface area contributed by atoms with Crippen molar-refractivity contribution in [1.82, 2.24) is 9.80 Å². The molecule has 1 fully saturated rings. The Morgan fingerprint density at radius 1 is 1.03 bits per heavy atom. The number of carbonyl (C=O) groups is 2. The molecular weight excluding hydrogens is 366 g/mol. The summed E-state index contributed by atoms with van der Waals surface area (Å²) in [6, 6.07) is 14.2. The van der Waals surface area contributed by atoms with Gasteiger partial charge in [0.2, 0.25) is 0 Å². The van der Waals surface area contributed by atoms with Crippen molar-refractivity contribution < 1.29 is 14.3 Å². The van der Waals surface area contributed by atoms with Crippen molar-refractivity contribution >= 4 is 17.5 Å². The summed E-state index contributed by atoms with van der Waals surface area (Å²) in [5.41, 5.74) is 1.73. The molecule has 0 saturated carbocycles. The molecule has 0 aromatic heterocycles. The fourth-order valence-electron chi connectivity index (χ4n) is 3.13. The average Bonchev–Trinajstić information content (AvgIpc) is 2.74. The smallest absolute Gasteiger partial charge is 0.255 e. The summed E-state index contributed by atoms with van der Waals surface area (Å²) in [7, 11) is 2.06. The van der Waals surface area contributed by atoms with Crippen LogP contribution < -0.4 is 10.1 Å². The molecular formula is C23H29N3O3. The van der Waals surface area contributed by atoms with Gasteiger partial charge in [0.25, 0.3) is 11.8 Å². The van der Waals surface area contributed by atoms with Crippen molar-refractivity contribution in [3.05, 3.63) is 59.7 Å². The molecule has 1 N–H and O–H groups in total. The molecule has 154 valence electrons. The van der Waals surface area contributed by atoms with Crippen molar-refractivity contribution in [3.8, 4) is 5.75 Å². The molecule has 1 heterocycles. The number of carbonyl (C=O) groups excluding carboxylic acids is 2. The number of nitrogens with one attached hydrogen (secondary N) is 1. The molecule has 2 aromatic rings. The van der Waals surface area contributed by atoms with Crippen LogP contribution in [0.2, 0.25) is 0 Å². The Labute approximate surface area is 172 Å². The number of anilines is 1. The second-order valence-electron chi connectivity index (χ2n) is 7.49. The second-order valence-corrected chi connectivity index (χ2v) is 7.49. The number of nitrogens with zero attached hydrogens (tertiary/aromatic N) is 2. The van der Waals surface area contributed by atoms with E-state index in [1.54, 1.807) is 48.5 Å². The molecule has 1 aliphatic heterocycles. The molecule has 0 aliphatic carbocycles. The number of hydrogen-bond acceptors (Lipinski definition) is 4. The Morgan fingerprint density at radius 2 is 1.72 bits per heavy atom. The number of rotatable bonds is 6. The first kappa shape index (κ1) is 20.9. The van der Waals surface area contributed by atoms with Gasteiger partial charge < -0.3 is 19.9 Å². The third kappa shape index (κ3) is 5.57. The molecule has 1 saturated heterocycles. The van der Waals surface area contributed by atoms with Crippen LogP contribution in [0.25, 0.3) is 0 Å². The first-order valence-electron chi connectivity index (χ1n) is 10.1. The molecule has 1 aliphatic rings. The van der Waals surface area contributed by atoms with Gasteiger partial charge in [-0.2, -0.15) is 0 Å². The normalized spacial score (nSPS) is 15.6. The minimum Gasteiger partial charge on any atom is -0.491 e. The topological polar surface area (TPSA) is 61.9 Å². The van der Waals surface area contributed by atoms with E-state index in [2.05, 4.69) is 24.2 Å². The Kier molecular flexibility index (Phi) is 6.88. The van der Waals surface area contributed by atoms with E-state index in [4.69, 9.17) is 4.74 Å². The molecule has 29 heavy (non-hydrogen) atoms. The first-order chi connectivity index (χ1) is 14.0. The first-order valence-corrected chi connectivity index (χ1v) is 10.1. The summed E-state index contributed by atoms with van der Waals surface area (Å²) in [6.45, 7) is 7.26. The molecule has 1 atom stereocenters. The fraction of sp³-hybridized carbons (Fsp3) is 0.391. The lowest BCUT2D eigenvalue weighted by molar-refractivity contribution is 0.0664. The highest BCUT2D eigenvalue weighted by Gasteiger charge is 2.20. The second kappa shape index (κ2) is 9.56. The zero-order valence-electron chi connectivity index (χ0n) is 17.4. The highest BCUT2D eigenvalue weighted by atomic mass is 16.5. The van der Waals surface area contributed by atoms with Gasteiger partial charge in [0.15, 0.2) is 0 Å². The zero-order chi connectivity index (χ0) is 20.8. The number of benzene rings is 2. The maximum absolute atomic E-state index is 12.7. The van der Waals surface area contributed by atoms with Crippen molar-refractivity contribution in [2.75, 3.05) is 38.5 Å². The van der Waals surface area contributed by atoms with Gasteiger partial charge in [-0.05, 0) is 62.9 Å². The Balaban J connectivity index is 1.63. The average molecular weight is 396 g/mol. The molecule has 6 heteroatoms. The highest BCUT2D eigenvalue weighted by molar-refractivity contribution is 6.05. The van der Waals surface area contributed by atoms with E-state index in [0.717, 1.165) is 38.3 Å². The molecule has 1 unspecified atom stereocenters. The Bertz CT molecular complexity index is 843. The van der Waals surface area contributed by atoms with Crippen LogP contribution in [-0.2, 0) is 0 Å². The zero-order valence-corrected chi connectivity index (χ0v) is 17.4. The minimum atomic E-state index is -0.218. The maximum atomic E-state index is 12.7. The number of amides is 2. The predicted octanol–water partition coefficient (Wildman–Crippen LogP) is 3.50. The Hall–Kier alpha value is -2.86. The maximum Gasteiger partial charge on any atom is 0.255 e. The molecule has 0 bridgehead atoms. The van der Waals surface area contributed by atoms with E-state index in [1.165, 1.54) is 0 Å². The van der Waals surface area contributed by atoms with Gasteiger partial charge in [0.05, 0.1) is 6.10 Å². The third-order valence-electron chi connectivity index (χ3n) is 5.19. The van der Waals surface area contributed by atoms with Gasteiger partial charge >= 0.3 is 0 Å². The van der Waals surface area contributed by atoms with Crippen LogP contribution in [0.3, 0.4) is 0 Å². The summed E-state index contributed by atoms with van der Waals surface area (Å²) in [5, 5.41) is 2.88. The summed E-state index contributed by atoms with van der Waals surface area (Å²) < 4.78 is 5.75. The van der Waals surface area contributed by atoms with Crippen LogP contribution in [0.15, 0.2) is 48.5 Å². The highest BCUT2D eigenvalue weighted by Crippen LogP contribution is 2.18. The quantitative estimate of drug-likeness (QED) is 0.813. The van der Waals surface area contributed by atoms with Crippen LogP contribution in [0.1, 0.15) is 41.0 Å². The number of piperazine rings is 1. The van der Waals surface area contributed by atoms with Crippen LogP contribution in [-0.4, -0.2) is 60.9 Å². The fourth-order valence-corrected chi connectivity index (χ4v) is 3.13. The largest absolute Gasteiger partial charge is 0.491 e. The lowest BCUT2D eigenvalue weighted by atomic mass is 10.1. The van der Waals surface area contributed by atoms with Gasteiger partial charge in [0, 0.05) is 43.0 Å². The van der Waals surface area contributed by atoms with E-state index in [0.29, 0.717) is 16.8 Å². The lowest BCUT2D eigenvalue weighted by Crippen LogP contribution is -2.47. The SMILES string of the molecule is CCC(C)Oc1ccc(C(=O)Nc2cccc(C(=O)N3CCN(C)CC3)c2)cc1. The van der Waals surface area contributed by atoms with E-state index < -0.39 is 0 Å². The molecule has 3 rings (SSSR count). The molecule has 2 aromatic carbocycles. The predicted molar refractivity (Wildman–Crippen MR) is 115 cm³/mol. The van der Waals surface area contributed by atoms with Gasteiger partial charge in [-0.1, -0.05) is 13.0 Å². The summed E-state index contributed by atoms with van der Waals surface area (Å²) in [4.78, 5) is 29.4. The minimum absolute atomic E-state index is 0.000689. The standard InChI is InChI=1S/C23H29N3O3/c1-4-17(2)29-21-10-8-18(9-11-21)22(27)24-20-7-5-6-19(16-20)23(28)26-14-12-25(3)13-15-26/h5-11,16-17H,4,12-15H2,1-3H3,(H,24,27). The lowest BCUT2D eigenvalue weighted by Gasteiger charge is -2.32. The van der Waals surface area contributed by atoms with E-state index in [-0.39, 0.29) is 17.9 Å². The summed E-state index contributed by atoms with van der Waals surface area (Å²) in [5.74, 6) is 0.528. The Morgan fingerprint density at radius 3 is 2.38 bits per heavy atom. The number of likely N-dealkylation sites (N-methyl/N-ethyl adjacent to an activating group) is 1. The molecule has 2 amide bonds. The van der Waals surface area contributed by atoms with Gasteiger partial charge in [-0.25, -0.2) is 0 Å². The summed E-state index contributed by atoms with van der Waals surface area (Å²) in [6.07, 6.45) is 1.06. The van der Waals surface area contributed by atoms with Crippen molar-refractivity contribution in [1.29, 1.82) is 0 Å². The van der Waals surface area contributed by atoms with Gasteiger partial charge in [-0.3, -0.25) is 9.59 Å². The van der Waals surface area contributed by atoms with Crippen molar-refractivity contribution in [3.63, 3.8) is 0 Å². The van der Waals surface area contributed by atoms with Crippen LogP contribution in [0.4, 0.5) is 5.69 Å². The number of hydrogen-bond donors (Lipinski definition) is 1. The summed E-state index contributed by atoms with van der Waals surface area (Å²) >= 11 is 0. The van der Waals surface area contributed by atoms with Gasteiger partial charge in [0.1, 0.15) is 5.75 Å². The van der Waals surface area contributed by atoms with Crippen LogP contribution >= 0.6 is 0 Å². The van der Waals surface area contributed by atoms with E-state index in [9.17, 15) is 9.59 Å². The third-order valence-corrected chi connectivity index (χ3v) is 5.19. The van der Waals surface area contributed by atoms with E-state index >= 15 is 0 Å². The monoisotopic (exact) mass is 395 g/mol. The van der Waals surface area contributed by atoms with Crippen molar-refractivity contribution in [2.24, 2.45) is 0 Å².